The Bertz CT molecular complexity index is 126. The van der Waals surface area contributed by atoms with Gasteiger partial charge in [0.25, 0.3) is 0 Å². The van der Waals surface area contributed by atoms with E-state index >= 15 is 0 Å². The maximum Gasteiger partial charge on any atom is 0.00454 e. The first kappa shape index (κ1) is 24.2. The van der Waals surface area contributed by atoms with Gasteiger partial charge in [-0.15, -0.1) is 0 Å². The van der Waals surface area contributed by atoms with Crippen LogP contribution in [0.3, 0.4) is 0 Å². The minimum absolute atomic E-state index is 1.32. The van der Waals surface area contributed by atoms with Gasteiger partial charge in [0.2, 0.25) is 0 Å². The average Bonchev–Trinajstić information content (AvgIpc) is 2.56. The van der Waals surface area contributed by atoms with Crippen LogP contribution in [-0.2, 0) is 0 Å². The van der Waals surface area contributed by atoms with Crippen LogP contribution >= 0.6 is 90.4 Å². The maximum atomic E-state index is 2.03. The first-order chi connectivity index (χ1) is 11.5. The second-order valence-electron chi connectivity index (χ2n) is 5.36. The van der Waals surface area contributed by atoms with E-state index < -0.39 is 0 Å². The van der Waals surface area contributed by atoms with Gasteiger partial charge in [0, 0.05) is 11.5 Å². The molecule has 0 aromatic rings. The zero-order valence-electron chi connectivity index (χ0n) is 13.6. The maximum absolute atomic E-state index is 2.03. The van der Waals surface area contributed by atoms with Gasteiger partial charge in [-0.3, -0.25) is 0 Å². The predicted octanol–water partition coefficient (Wildman–Crippen LogP) is 10.6. The second-order valence-corrected chi connectivity index (χ2v) is 20.4. The highest BCUT2D eigenvalue weighted by Gasteiger charge is 1.99. The highest BCUT2D eigenvalue weighted by atomic mass is 34.0. The Hall–Kier alpha value is 3.15. The molecule has 0 aromatic heterocycles. The molecule has 138 valence electrons. The van der Waals surface area contributed by atoms with Gasteiger partial charge in [-0.1, -0.05) is 85.8 Å². The Labute approximate surface area is 177 Å². The molecular weight excluding hydrogens is 457 g/mol. The van der Waals surface area contributed by atoms with E-state index in [2.05, 4.69) is 0 Å². The van der Waals surface area contributed by atoms with Crippen LogP contribution in [0, 0.1) is 0 Å². The quantitative estimate of drug-likeness (QED) is 0.305. The van der Waals surface area contributed by atoms with Crippen LogP contribution in [0.4, 0.5) is 0 Å². The van der Waals surface area contributed by atoms with E-state index in [1.165, 1.54) is 88.6 Å². The van der Waals surface area contributed by atoms with Gasteiger partial charge in [0.1, 0.15) is 0 Å². The van der Waals surface area contributed by atoms with E-state index in [9.17, 15) is 0 Å². The lowest BCUT2D eigenvalue weighted by molar-refractivity contribution is 0.549. The zero-order valence-corrected chi connectivity index (χ0v) is 20.9. The van der Waals surface area contributed by atoms with E-state index in [0.717, 1.165) is 0 Å². The summed E-state index contributed by atoms with van der Waals surface area (Å²) in [4.78, 5) is 0. The van der Waals surface area contributed by atoms with Crippen LogP contribution in [-0.4, -0.2) is 11.5 Å². The summed E-state index contributed by atoms with van der Waals surface area (Å²) in [5.41, 5.74) is 0. The Balaban J connectivity index is 2.00. The van der Waals surface area contributed by atoms with Gasteiger partial charge < -0.3 is 0 Å². The Morgan fingerprint density at radius 2 is 0.522 bits per heavy atom. The van der Waals surface area contributed by atoms with Crippen molar-refractivity contribution in [1.82, 2.24) is 0 Å². The molecule has 0 nitrogen and oxygen atoms in total. The number of hydrogen-bond acceptors (Lipinski definition) is 9. The smallest absolute Gasteiger partial charge is 0.00454 e. The molecule has 0 aliphatic carbocycles. The van der Waals surface area contributed by atoms with E-state index in [0.29, 0.717) is 0 Å². The Morgan fingerprint density at radius 1 is 0.261 bits per heavy atom. The molecule has 1 heterocycles. The fourth-order valence-electron chi connectivity index (χ4n) is 2.25. The molecule has 1 rings (SSSR count). The van der Waals surface area contributed by atoms with Gasteiger partial charge in [0.15, 0.2) is 0 Å². The van der Waals surface area contributed by atoms with Crippen LogP contribution in [0.1, 0.15) is 77.0 Å². The first-order valence-electron chi connectivity index (χ1n) is 8.41. The molecule has 1 aliphatic heterocycles. The molecule has 0 atom stereocenters. The number of hydrogen-bond donors (Lipinski definition) is 0. The lowest BCUT2D eigenvalue weighted by Gasteiger charge is -2.03. The van der Waals surface area contributed by atoms with E-state index in [1.54, 1.807) is 0 Å². The van der Waals surface area contributed by atoms with E-state index in [4.69, 9.17) is 0 Å². The van der Waals surface area contributed by atoms with Crippen molar-refractivity contribution in [2.24, 2.45) is 0 Å². The highest BCUT2D eigenvalue weighted by Crippen LogP contribution is 2.58. The molecule has 0 radical (unpaired) electrons. The standard InChI is InChI=1S/C14H28S9/c1-2-4-6-8-10-12-14-16-18-20-22-23-21-19-17-15-13-11-9-7-5-3-1/h1-14H2. The third kappa shape index (κ3) is 19.7. The van der Waals surface area contributed by atoms with Crippen LogP contribution in [0.25, 0.3) is 0 Å². The summed E-state index contributed by atoms with van der Waals surface area (Å²) in [5, 5.41) is 0. The molecule has 1 aliphatic rings. The van der Waals surface area contributed by atoms with Crippen LogP contribution < -0.4 is 0 Å². The Kier molecular flexibility index (Phi) is 22.6. The lowest BCUT2D eigenvalue weighted by atomic mass is 10.1. The van der Waals surface area contributed by atoms with Crippen molar-refractivity contribution < 1.29 is 0 Å². The van der Waals surface area contributed by atoms with Gasteiger partial charge in [-0.05, 0) is 81.6 Å². The summed E-state index contributed by atoms with van der Waals surface area (Å²) in [6.07, 6.45) is 17.4. The number of rotatable bonds is 0. The largest absolute Gasteiger partial charge is 0.0817 e. The fraction of sp³-hybridized carbons (Fsp3) is 1.00. The molecule has 0 bridgehead atoms. The summed E-state index contributed by atoms with van der Waals surface area (Å²) >= 11 is 0. The SMILES string of the molecule is C1CCCCCCCSSSSSSSSSCCCCCC1. The Morgan fingerprint density at radius 3 is 0.870 bits per heavy atom. The van der Waals surface area contributed by atoms with Gasteiger partial charge >= 0.3 is 0 Å². The third-order valence-electron chi connectivity index (χ3n) is 3.47. The van der Waals surface area contributed by atoms with Crippen LogP contribution in [0.15, 0.2) is 0 Å². The minimum atomic E-state index is 1.32. The topological polar surface area (TPSA) is 0 Å². The molecule has 9 heteroatoms. The van der Waals surface area contributed by atoms with Crippen molar-refractivity contribution in [3.63, 3.8) is 0 Å². The van der Waals surface area contributed by atoms with Gasteiger partial charge in [0.05, 0.1) is 0 Å². The first-order valence-corrected chi connectivity index (χ1v) is 20.2. The molecule has 0 saturated carbocycles. The molecule has 23 heavy (non-hydrogen) atoms. The van der Waals surface area contributed by atoms with Crippen LogP contribution in [0.2, 0.25) is 0 Å². The summed E-state index contributed by atoms with van der Waals surface area (Å²) in [5.74, 6) is 2.63. The minimum Gasteiger partial charge on any atom is -0.0817 e. The summed E-state index contributed by atoms with van der Waals surface area (Å²) in [7, 11) is 17.5. The van der Waals surface area contributed by atoms with Gasteiger partial charge in [-0.25, -0.2) is 0 Å². The second kappa shape index (κ2) is 21.5. The van der Waals surface area contributed by atoms with Crippen molar-refractivity contribution in [3.8, 4) is 0 Å². The summed E-state index contributed by atoms with van der Waals surface area (Å²) in [6, 6.07) is 0. The fourth-order valence-corrected chi connectivity index (χ4v) is 22.2. The van der Waals surface area contributed by atoms with Gasteiger partial charge in [-0.2, -0.15) is 0 Å². The molecule has 0 amide bonds. The third-order valence-corrected chi connectivity index (χ3v) is 21.2. The molecule has 0 N–H and O–H groups in total. The van der Waals surface area contributed by atoms with E-state index in [1.807, 2.05) is 90.4 Å². The van der Waals surface area contributed by atoms with Crippen molar-refractivity contribution in [2.75, 3.05) is 11.5 Å². The normalized spacial score (nSPS) is 24.0. The van der Waals surface area contributed by atoms with Crippen molar-refractivity contribution in [1.29, 1.82) is 0 Å². The molecule has 1 fully saturated rings. The molecule has 0 spiro atoms. The van der Waals surface area contributed by atoms with Crippen LogP contribution in [0.5, 0.6) is 0 Å². The molecular formula is C14H28S9. The average molecular weight is 485 g/mol. The highest BCUT2D eigenvalue weighted by molar-refractivity contribution is 9.51. The summed E-state index contributed by atoms with van der Waals surface area (Å²) in [6.45, 7) is 0. The predicted molar refractivity (Wildman–Crippen MR) is 133 cm³/mol. The monoisotopic (exact) mass is 484 g/mol. The van der Waals surface area contributed by atoms with E-state index in [-0.39, 0.29) is 0 Å². The lowest BCUT2D eigenvalue weighted by Crippen LogP contribution is -1.84. The summed E-state index contributed by atoms with van der Waals surface area (Å²) < 4.78 is 0. The van der Waals surface area contributed by atoms with Crippen molar-refractivity contribution >= 4 is 90.4 Å². The molecule has 0 unspecified atom stereocenters. The zero-order chi connectivity index (χ0) is 16.3. The molecule has 1 saturated heterocycles. The van der Waals surface area contributed by atoms with Crippen molar-refractivity contribution in [3.05, 3.63) is 0 Å². The molecule has 0 aromatic carbocycles. The van der Waals surface area contributed by atoms with Crippen molar-refractivity contribution in [2.45, 2.75) is 77.0 Å².